The van der Waals surface area contributed by atoms with Crippen LogP contribution in [0, 0.1) is 6.92 Å². The molecule has 0 aliphatic carbocycles. The fourth-order valence-corrected chi connectivity index (χ4v) is 1.54. The van der Waals surface area contributed by atoms with Crippen molar-refractivity contribution in [1.29, 1.82) is 0 Å². The van der Waals surface area contributed by atoms with Crippen LogP contribution in [0.2, 0.25) is 0 Å². The summed E-state index contributed by atoms with van der Waals surface area (Å²) in [5.41, 5.74) is 6.71. The van der Waals surface area contributed by atoms with Gasteiger partial charge in [0.05, 0.1) is 0 Å². The lowest BCUT2D eigenvalue weighted by Gasteiger charge is -2.07. The molecule has 13 heavy (non-hydrogen) atoms. The molecule has 0 aliphatic heterocycles. The Kier molecular flexibility index (Phi) is 3.19. The average molecular weight is 251 g/mol. The molecule has 1 rings (SSSR count). The number of rotatable bonds is 2. The van der Waals surface area contributed by atoms with Crippen LogP contribution in [0.15, 0.2) is 6.07 Å². The van der Waals surface area contributed by atoms with E-state index in [4.69, 9.17) is 5.73 Å². The molecule has 0 atom stereocenters. The van der Waals surface area contributed by atoms with E-state index in [-0.39, 0.29) is 11.5 Å². The van der Waals surface area contributed by atoms with Crippen LogP contribution in [0.4, 0.5) is 14.6 Å². The van der Waals surface area contributed by atoms with Crippen molar-refractivity contribution < 1.29 is 8.78 Å². The van der Waals surface area contributed by atoms with Gasteiger partial charge in [0.2, 0.25) is 0 Å². The van der Waals surface area contributed by atoms with E-state index in [1.807, 2.05) is 0 Å². The minimum Gasteiger partial charge on any atom is -0.383 e. The molecular weight excluding hydrogens is 242 g/mol. The summed E-state index contributed by atoms with van der Waals surface area (Å²) in [5.74, 6) is 0.173. The molecule has 0 aromatic carbocycles. The molecule has 0 radical (unpaired) electrons. The number of halogens is 3. The SMILES string of the molecule is Cc1c(CBr)cc(C(F)F)nc1N. The van der Waals surface area contributed by atoms with Gasteiger partial charge in [0.15, 0.2) is 0 Å². The van der Waals surface area contributed by atoms with Crippen LogP contribution in [-0.4, -0.2) is 4.98 Å². The summed E-state index contributed by atoms with van der Waals surface area (Å²) in [5, 5.41) is 0.505. The number of hydrogen-bond acceptors (Lipinski definition) is 2. The third-order valence-electron chi connectivity index (χ3n) is 1.81. The summed E-state index contributed by atoms with van der Waals surface area (Å²) in [6.07, 6.45) is -2.57. The van der Waals surface area contributed by atoms with Gasteiger partial charge in [0.25, 0.3) is 6.43 Å². The van der Waals surface area contributed by atoms with Crippen LogP contribution in [0.5, 0.6) is 0 Å². The normalized spacial score (nSPS) is 10.8. The summed E-state index contributed by atoms with van der Waals surface area (Å²) in [6.45, 7) is 1.76. The molecule has 72 valence electrons. The highest BCUT2D eigenvalue weighted by Crippen LogP contribution is 2.24. The smallest absolute Gasteiger partial charge is 0.280 e. The second-order valence-corrected chi connectivity index (χ2v) is 3.21. The second-order valence-electron chi connectivity index (χ2n) is 2.65. The van der Waals surface area contributed by atoms with Crippen LogP contribution < -0.4 is 5.73 Å². The number of anilines is 1. The first kappa shape index (κ1) is 10.4. The summed E-state index contributed by atoms with van der Waals surface area (Å²) in [6, 6.07) is 1.37. The zero-order valence-electron chi connectivity index (χ0n) is 7.02. The summed E-state index contributed by atoms with van der Waals surface area (Å²) < 4.78 is 24.5. The fraction of sp³-hybridized carbons (Fsp3) is 0.375. The number of nitrogens with two attached hydrogens (primary N) is 1. The third kappa shape index (κ3) is 2.15. The maximum Gasteiger partial charge on any atom is 0.280 e. The van der Waals surface area contributed by atoms with Gasteiger partial charge in [-0.3, -0.25) is 0 Å². The molecule has 5 heteroatoms. The van der Waals surface area contributed by atoms with Crippen molar-refractivity contribution in [3.8, 4) is 0 Å². The molecule has 0 bridgehead atoms. The molecule has 0 saturated heterocycles. The van der Waals surface area contributed by atoms with Gasteiger partial charge in [-0.25, -0.2) is 13.8 Å². The molecule has 1 aromatic rings. The van der Waals surface area contributed by atoms with E-state index >= 15 is 0 Å². The number of alkyl halides is 3. The number of nitrogen functional groups attached to an aromatic ring is 1. The maximum atomic E-state index is 12.3. The largest absolute Gasteiger partial charge is 0.383 e. The standard InChI is InChI=1S/C8H9BrF2N2/c1-4-5(3-9)2-6(7(10)11)13-8(4)12/h2,7H,3H2,1H3,(H2,12,13). The Morgan fingerprint density at radius 1 is 1.62 bits per heavy atom. The Hall–Kier alpha value is -0.710. The van der Waals surface area contributed by atoms with Crippen molar-refractivity contribution >= 4 is 21.7 Å². The summed E-state index contributed by atoms with van der Waals surface area (Å²) in [4.78, 5) is 3.59. The first-order valence-electron chi connectivity index (χ1n) is 3.66. The minimum absolute atomic E-state index is 0.173. The summed E-state index contributed by atoms with van der Waals surface area (Å²) >= 11 is 3.20. The van der Waals surface area contributed by atoms with Crippen LogP contribution in [0.3, 0.4) is 0 Å². The molecule has 2 N–H and O–H groups in total. The Labute approximate surface area is 83.3 Å². The van der Waals surface area contributed by atoms with Crippen molar-refractivity contribution in [3.63, 3.8) is 0 Å². The maximum absolute atomic E-state index is 12.3. The van der Waals surface area contributed by atoms with Gasteiger partial charge in [-0.05, 0) is 24.1 Å². The predicted octanol–water partition coefficient (Wildman–Crippen LogP) is 2.80. The zero-order valence-corrected chi connectivity index (χ0v) is 8.61. The molecule has 0 saturated carbocycles. The fourth-order valence-electron chi connectivity index (χ4n) is 0.957. The van der Waals surface area contributed by atoms with Crippen molar-refractivity contribution in [2.75, 3.05) is 5.73 Å². The topological polar surface area (TPSA) is 38.9 Å². The molecular formula is C8H9BrF2N2. The Bertz CT molecular complexity index is 315. The van der Waals surface area contributed by atoms with Gasteiger partial charge < -0.3 is 5.73 Å². The van der Waals surface area contributed by atoms with E-state index in [0.29, 0.717) is 5.33 Å². The molecule has 1 aromatic heterocycles. The van der Waals surface area contributed by atoms with E-state index in [9.17, 15) is 8.78 Å². The Morgan fingerprint density at radius 3 is 2.69 bits per heavy atom. The van der Waals surface area contributed by atoms with Crippen LogP contribution in [-0.2, 0) is 5.33 Å². The lowest BCUT2D eigenvalue weighted by Crippen LogP contribution is -2.02. The van der Waals surface area contributed by atoms with Gasteiger partial charge in [0, 0.05) is 5.33 Å². The molecule has 0 amide bonds. The first-order chi connectivity index (χ1) is 6.06. The first-order valence-corrected chi connectivity index (χ1v) is 4.78. The zero-order chi connectivity index (χ0) is 10.0. The van der Waals surface area contributed by atoms with E-state index in [0.717, 1.165) is 11.1 Å². The van der Waals surface area contributed by atoms with Gasteiger partial charge in [-0.1, -0.05) is 15.9 Å². The van der Waals surface area contributed by atoms with Gasteiger partial charge in [-0.2, -0.15) is 0 Å². The van der Waals surface area contributed by atoms with Crippen molar-refractivity contribution in [1.82, 2.24) is 4.98 Å². The van der Waals surface area contributed by atoms with Crippen molar-refractivity contribution in [2.24, 2.45) is 0 Å². The predicted molar refractivity (Wildman–Crippen MR) is 51.0 cm³/mol. The molecule has 1 heterocycles. The molecule has 0 unspecified atom stereocenters. The highest BCUT2D eigenvalue weighted by Gasteiger charge is 2.12. The lowest BCUT2D eigenvalue weighted by atomic mass is 10.1. The number of pyridine rings is 1. The highest BCUT2D eigenvalue weighted by atomic mass is 79.9. The van der Waals surface area contributed by atoms with E-state index in [1.54, 1.807) is 6.92 Å². The van der Waals surface area contributed by atoms with Gasteiger partial charge in [-0.15, -0.1) is 0 Å². The van der Waals surface area contributed by atoms with Crippen LogP contribution in [0.25, 0.3) is 0 Å². The van der Waals surface area contributed by atoms with Gasteiger partial charge >= 0.3 is 0 Å². The number of nitrogens with zero attached hydrogens (tertiary/aromatic N) is 1. The minimum atomic E-state index is -2.57. The highest BCUT2D eigenvalue weighted by molar-refractivity contribution is 9.08. The van der Waals surface area contributed by atoms with E-state index in [2.05, 4.69) is 20.9 Å². The molecule has 2 nitrogen and oxygen atoms in total. The second kappa shape index (κ2) is 4.00. The third-order valence-corrected chi connectivity index (χ3v) is 2.41. The van der Waals surface area contributed by atoms with E-state index < -0.39 is 6.43 Å². The van der Waals surface area contributed by atoms with Crippen molar-refractivity contribution in [2.45, 2.75) is 18.7 Å². The average Bonchev–Trinajstić information content (AvgIpc) is 2.09. The Balaban J connectivity index is 3.22. The molecule has 0 fully saturated rings. The quantitative estimate of drug-likeness (QED) is 0.821. The Morgan fingerprint density at radius 2 is 2.23 bits per heavy atom. The number of hydrogen-bond donors (Lipinski definition) is 1. The van der Waals surface area contributed by atoms with Crippen LogP contribution in [0.1, 0.15) is 23.2 Å². The van der Waals surface area contributed by atoms with Gasteiger partial charge in [0.1, 0.15) is 11.5 Å². The van der Waals surface area contributed by atoms with E-state index in [1.165, 1.54) is 6.07 Å². The van der Waals surface area contributed by atoms with Crippen LogP contribution >= 0.6 is 15.9 Å². The molecule has 0 spiro atoms. The number of aromatic nitrogens is 1. The van der Waals surface area contributed by atoms with Crippen molar-refractivity contribution in [3.05, 3.63) is 22.9 Å². The lowest BCUT2D eigenvalue weighted by molar-refractivity contribution is 0.146. The monoisotopic (exact) mass is 250 g/mol. The summed E-state index contributed by atoms with van der Waals surface area (Å²) in [7, 11) is 0. The molecule has 0 aliphatic rings.